The van der Waals surface area contributed by atoms with E-state index < -0.39 is 11.9 Å². The van der Waals surface area contributed by atoms with Crippen LogP contribution in [0.5, 0.6) is 5.75 Å². The van der Waals surface area contributed by atoms with Crippen LogP contribution in [-0.4, -0.2) is 41.1 Å². The number of methoxy groups -OCH3 is 2. The van der Waals surface area contributed by atoms with Crippen molar-refractivity contribution in [2.24, 2.45) is 0 Å². The Morgan fingerprint density at radius 2 is 1.87 bits per heavy atom. The van der Waals surface area contributed by atoms with E-state index in [1.807, 2.05) is 6.07 Å². The molecule has 1 amide bonds. The van der Waals surface area contributed by atoms with E-state index in [4.69, 9.17) is 32.7 Å². The molecule has 156 valence electrons. The maximum absolute atomic E-state index is 12.7. The smallest absolute Gasteiger partial charge is 0.341 e. The lowest BCUT2D eigenvalue weighted by molar-refractivity contribution is 0.0597. The first-order chi connectivity index (χ1) is 14.3. The molecule has 1 heterocycles. The highest BCUT2D eigenvalue weighted by Gasteiger charge is 2.19. The zero-order valence-corrected chi connectivity index (χ0v) is 17.9. The SMILES string of the molecule is COC(=O)c1ccc(NC(=O)c2nnn(Cc3ccc(Cl)c(Cl)c3)c2C)cc1OC. The summed E-state index contributed by atoms with van der Waals surface area (Å²) < 4.78 is 11.5. The monoisotopic (exact) mass is 448 g/mol. The highest BCUT2D eigenvalue weighted by Crippen LogP contribution is 2.25. The molecule has 0 aliphatic heterocycles. The normalized spacial score (nSPS) is 10.6. The Hall–Kier alpha value is -3.10. The maximum atomic E-state index is 12.7. The molecule has 0 saturated carbocycles. The van der Waals surface area contributed by atoms with Crippen LogP contribution < -0.4 is 10.1 Å². The molecule has 0 atom stereocenters. The number of amides is 1. The fourth-order valence-electron chi connectivity index (χ4n) is 2.77. The van der Waals surface area contributed by atoms with Crippen molar-refractivity contribution in [2.45, 2.75) is 13.5 Å². The molecule has 10 heteroatoms. The fraction of sp³-hybridized carbons (Fsp3) is 0.200. The Bertz CT molecular complexity index is 1110. The van der Waals surface area contributed by atoms with Crippen molar-refractivity contribution in [3.05, 3.63) is 69.0 Å². The van der Waals surface area contributed by atoms with E-state index in [2.05, 4.69) is 15.6 Å². The number of rotatable bonds is 6. The topological polar surface area (TPSA) is 95.3 Å². The van der Waals surface area contributed by atoms with Gasteiger partial charge in [-0.1, -0.05) is 34.5 Å². The average Bonchev–Trinajstić information content (AvgIpc) is 3.10. The summed E-state index contributed by atoms with van der Waals surface area (Å²) in [5.74, 6) is -0.703. The number of hydrogen-bond donors (Lipinski definition) is 1. The van der Waals surface area contributed by atoms with Crippen LogP contribution in [0.2, 0.25) is 10.0 Å². The lowest BCUT2D eigenvalue weighted by Gasteiger charge is -2.10. The van der Waals surface area contributed by atoms with Gasteiger partial charge in [0, 0.05) is 11.8 Å². The van der Waals surface area contributed by atoms with E-state index in [9.17, 15) is 9.59 Å². The predicted octanol–water partition coefficient (Wildman–Crippen LogP) is 3.99. The number of nitrogens with zero attached hydrogens (tertiary/aromatic N) is 3. The first kappa shape index (κ1) is 21.6. The molecule has 0 saturated heterocycles. The van der Waals surface area contributed by atoms with Gasteiger partial charge >= 0.3 is 5.97 Å². The molecular formula is C20H18Cl2N4O4. The van der Waals surface area contributed by atoms with Crippen LogP contribution in [0.25, 0.3) is 0 Å². The van der Waals surface area contributed by atoms with Crippen LogP contribution >= 0.6 is 23.2 Å². The number of ether oxygens (including phenoxy) is 2. The minimum absolute atomic E-state index is 0.172. The minimum atomic E-state index is -0.536. The van der Waals surface area contributed by atoms with Crippen molar-refractivity contribution < 1.29 is 19.1 Å². The number of carbonyl (C=O) groups is 2. The van der Waals surface area contributed by atoms with Crippen LogP contribution in [-0.2, 0) is 11.3 Å². The summed E-state index contributed by atoms with van der Waals surface area (Å²) in [6.07, 6.45) is 0. The predicted molar refractivity (Wildman–Crippen MR) is 113 cm³/mol. The molecular weight excluding hydrogens is 431 g/mol. The van der Waals surface area contributed by atoms with Gasteiger partial charge in [0.1, 0.15) is 11.3 Å². The van der Waals surface area contributed by atoms with Crippen molar-refractivity contribution in [3.63, 3.8) is 0 Å². The van der Waals surface area contributed by atoms with E-state index in [1.165, 1.54) is 26.4 Å². The summed E-state index contributed by atoms with van der Waals surface area (Å²) in [7, 11) is 2.70. The first-order valence-corrected chi connectivity index (χ1v) is 9.51. The zero-order valence-electron chi connectivity index (χ0n) is 16.4. The van der Waals surface area contributed by atoms with Gasteiger partial charge in [-0.15, -0.1) is 5.10 Å². The summed E-state index contributed by atoms with van der Waals surface area (Å²) in [4.78, 5) is 24.4. The number of benzene rings is 2. The van der Waals surface area contributed by atoms with Crippen molar-refractivity contribution in [1.29, 1.82) is 0 Å². The quantitative estimate of drug-likeness (QED) is 0.572. The summed E-state index contributed by atoms with van der Waals surface area (Å²) in [6, 6.07) is 9.87. The third kappa shape index (κ3) is 4.55. The number of nitrogens with one attached hydrogen (secondary N) is 1. The molecule has 3 aromatic rings. The van der Waals surface area contributed by atoms with Gasteiger partial charge in [0.25, 0.3) is 5.91 Å². The van der Waals surface area contributed by atoms with Crippen molar-refractivity contribution in [2.75, 3.05) is 19.5 Å². The third-order valence-electron chi connectivity index (χ3n) is 4.38. The molecule has 0 unspecified atom stereocenters. The standard InChI is InChI=1S/C20H18Cl2N4O4/c1-11-18(24-25-26(11)10-12-4-7-15(21)16(22)8-12)19(27)23-13-5-6-14(20(28)30-3)17(9-13)29-2/h4-9H,10H2,1-3H3,(H,23,27). The van der Waals surface area contributed by atoms with E-state index in [0.29, 0.717) is 28.0 Å². The van der Waals surface area contributed by atoms with Crippen LogP contribution in [0, 0.1) is 6.92 Å². The van der Waals surface area contributed by atoms with Gasteiger partial charge < -0.3 is 14.8 Å². The molecule has 0 spiro atoms. The second-order valence-corrected chi connectivity index (χ2v) is 7.10. The van der Waals surface area contributed by atoms with Gasteiger partial charge in [0.05, 0.1) is 36.5 Å². The highest BCUT2D eigenvalue weighted by molar-refractivity contribution is 6.42. The fourth-order valence-corrected chi connectivity index (χ4v) is 3.09. The summed E-state index contributed by atoms with van der Waals surface area (Å²) in [5, 5.41) is 11.7. The number of esters is 1. The molecule has 8 nitrogen and oxygen atoms in total. The van der Waals surface area contributed by atoms with Gasteiger partial charge in [0.2, 0.25) is 0 Å². The highest BCUT2D eigenvalue weighted by atomic mass is 35.5. The summed E-state index contributed by atoms with van der Waals surface area (Å²) in [5.41, 5.74) is 2.31. The largest absolute Gasteiger partial charge is 0.496 e. The van der Waals surface area contributed by atoms with Crippen LogP contribution in [0.3, 0.4) is 0 Å². The van der Waals surface area contributed by atoms with Gasteiger partial charge in [-0.2, -0.15) is 0 Å². The Balaban J connectivity index is 1.78. The third-order valence-corrected chi connectivity index (χ3v) is 5.12. The second kappa shape index (κ2) is 9.15. The van der Waals surface area contributed by atoms with Crippen LogP contribution in [0.4, 0.5) is 5.69 Å². The maximum Gasteiger partial charge on any atom is 0.341 e. The Morgan fingerprint density at radius 1 is 1.10 bits per heavy atom. The van der Waals surface area contributed by atoms with Crippen molar-refractivity contribution >= 4 is 40.8 Å². The van der Waals surface area contributed by atoms with E-state index in [-0.39, 0.29) is 17.0 Å². The molecule has 3 rings (SSSR count). The Kier molecular flexibility index (Phi) is 6.59. The molecule has 0 bridgehead atoms. The second-order valence-electron chi connectivity index (χ2n) is 6.29. The van der Waals surface area contributed by atoms with E-state index >= 15 is 0 Å². The number of hydrogen-bond acceptors (Lipinski definition) is 6. The summed E-state index contributed by atoms with van der Waals surface area (Å²) in [6.45, 7) is 2.12. The first-order valence-electron chi connectivity index (χ1n) is 8.75. The molecule has 2 aromatic carbocycles. The Labute approximate surface area is 182 Å². The number of aromatic nitrogens is 3. The zero-order chi connectivity index (χ0) is 21.8. The van der Waals surface area contributed by atoms with Gasteiger partial charge in [-0.3, -0.25) is 4.79 Å². The molecule has 0 radical (unpaired) electrons. The Morgan fingerprint density at radius 3 is 2.53 bits per heavy atom. The molecule has 0 aliphatic carbocycles. The van der Waals surface area contributed by atoms with Crippen LogP contribution in [0.15, 0.2) is 36.4 Å². The van der Waals surface area contributed by atoms with Gasteiger partial charge in [-0.05, 0) is 36.8 Å². The molecule has 1 aromatic heterocycles. The van der Waals surface area contributed by atoms with E-state index in [1.54, 1.807) is 29.8 Å². The lowest BCUT2D eigenvalue weighted by atomic mass is 10.1. The molecule has 1 N–H and O–H groups in total. The number of halogens is 2. The summed E-state index contributed by atoms with van der Waals surface area (Å²) >= 11 is 12.0. The molecule has 0 fully saturated rings. The van der Waals surface area contributed by atoms with Crippen molar-refractivity contribution in [3.8, 4) is 5.75 Å². The van der Waals surface area contributed by atoms with E-state index in [0.717, 1.165) is 5.56 Å². The molecule has 0 aliphatic rings. The van der Waals surface area contributed by atoms with Crippen molar-refractivity contribution in [1.82, 2.24) is 15.0 Å². The number of carbonyl (C=O) groups excluding carboxylic acids is 2. The number of anilines is 1. The van der Waals surface area contributed by atoms with Gasteiger partial charge in [0.15, 0.2) is 5.69 Å². The minimum Gasteiger partial charge on any atom is -0.496 e. The molecule has 30 heavy (non-hydrogen) atoms. The average molecular weight is 449 g/mol. The van der Waals surface area contributed by atoms with Gasteiger partial charge in [-0.25, -0.2) is 9.48 Å². The lowest BCUT2D eigenvalue weighted by Crippen LogP contribution is -2.15. The van der Waals surface area contributed by atoms with Crippen LogP contribution in [0.1, 0.15) is 32.1 Å².